The van der Waals surface area contributed by atoms with Gasteiger partial charge in [-0.1, -0.05) is 0 Å². The van der Waals surface area contributed by atoms with Crippen LogP contribution < -0.4 is 4.90 Å². The van der Waals surface area contributed by atoms with Crippen LogP contribution in [-0.4, -0.2) is 28.1 Å². The van der Waals surface area contributed by atoms with Crippen LogP contribution in [0.25, 0.3) is 0 Å². The minimum atomic E-state index is -1.14. The fourth-order valence-electron chi connectivity index (χ4n) is 3.16. The summed E-state index contributed by atoms with van der Waals surface area (Å²) in [7, 11) is 0. The Labute approximate surface area is 123 Å². The number of piperidine rings is 1. The maximum atomic E-state index is 11.2. The number of nitro groups is 1. The maximum absolute atomic E-state index is 11.2. The summed E-state index contributed by atoms with van der Waals surface area (Å²) in [6.07, 6.45) is 3.14. The molecule has 0 radical (unpaired) electrons. The van der Waals surface area contributed by atoms with E-state index < -0.39 is 10.9 Å². The number of nitrogens with zero attached hydrogens (tertiary/aromatic N) is 2. The molecule has 0 spiro atoms. The molecule has 2 atom stereocenters. The van der Waals surface area contributed by atoms with Gasteiger partial charge in [-0.25, -0.2) is 4.79 Å². The third-order valence-corrected chi connectivity index (χ3v) is 4.27. The van der Waals surface area contributed by atoms with Gasteiger partial charge in [0.2, 0.25) is 0 Å². The lowest BCUT2D eigenvalue weighted by Gasteiger charge is -2.41. The molecule has 21 heavy (non-hydrogen) atoms. The predicted octanol–water partition coefficient (Wildman–Crippen LogP) is 3.37. The van der Waals surface area contributed by atoms with E-state index in [4.69, 9.17) is 0 Å². The highest BCUT2D eigenvalue weighted by atomic mass is 16.6. The van der Waals surface area contributed by atoms with Crippen molar-refractivity contribution in [1.82, 2.24) is 0 Å². The molecule has 1 heterocycles. The molecule has 1 fully saturated rings. The highest BCUT2D eigenvalue weighted by molar-refractivity contribution is 5.91. The van der Waals surface area contributed by atoms with Gasteiger partial charge in [0.25, 0.3) is 5.69 Å². The van der Waals surface area contributed by atoms with Crippen LogP contribution >= 0.6 is 0 Å². The summed E-state index contributed by atoms with van der Waals surface area (Å²) in [4.78, 5) is 24.0. The molecule has 1 N–H and O–H groups in total. The number of carboxylic acid groups (broad SMARTS) is 1. The van der Waals surface area contributed by atoms with Crippen molar-refractivity contribution >= 4 is 17.3 Å². The predicted molar refractivity (Wildman–Crippen MR) is 80.0 cm³/mol. The first kappa shape index (κ1) is 15.3. The summed E-state index contributed by atoms with van der Waals surface area (Å²) in [5, 5.41) is 20.4. The second kappa shape index (κ2) is 5.71. The maximum Gasteiger partial charge on any atom is 0.336 e. The molecular weight excluding hydrogens is 272 g/mol. The molecule has 0 unspecified atom stereocenters. The summed E-state index contributed by atoms with van der Waals surface area (Å²) in [6.45, 7) is 5.84. The number of rotatable bonds is 3. The SMILES string of the molecule is Cc1c(N2[C@H](C)CCC[C@@H]2C)cc(C(=O)O)cc1[N+](=O)[O-]. The van der Waals surface area contributed by atoms with Crippen LogP contribution in [0.1, 0.15) is 49.0 Å². The first-order valence-corrected chi connectivity index (χ1v) is 7.13. The standard InChI is InChI=1S/C15H20N2O4/c1-9-5-4-6-10(2)16(9)13-7-12(15(18)19)8-14(11(13)3)17(20)21/h7-10H,4-6H2,1-3H3,(H,18,19)/t9-,10+. The Kier molecular flexibility index (Phi) is 4.16. The summed E-state index contributed by atoms with van der Waals surface area (Å²) < 4.78 is 0. The van der Waals surface area contributed by atoms with Crippen molar-refractivity contribution in [2.75, 3.05) is 4.90 Å². The highest BCUT2D eigenvalue weighted by Gasteiger charge is 2.29. The number of hydrogen-bond acceptors (Lipinski definition) is 4. The van der Waals surface area contributed by atoms with Crippen molar-refractivity contribution in [3.05, 3.63) is 33.4 Å². The molecule has 1 aromatic rings. The zero-order valence-corrected chi connectivity index (χ0v) is 12.5. The minimum absolute atomic E-state index is 0.0349. The Hall–Kier alpha value is -2.11. The summed E-state index contributed by atoms with van der Waals surface area (Å²) in [5.41, 5.74) is 1.04. The van der Waals surface area contributed by atoms with Gasteiger partial charge in [0.1, 0.15) is 0 Å². The van der Waals surface area contributed by atoms with Crippen molar-refractivity contribution in [1.29, 1.82) is 0 Å². The fraction of sp³-hybridized carbons (Fsp3) is 0.533. The van der Waals surface area contributed by atoms with Crippen LogP contribution in [0.4, 0.5) is 11.4 Å². The number of anilines is 1. The number of carboxylic acids is 1. The molecule has 1 aliphatic heterocycles. The van der Waals surface area contributed by atoms with Crippen molar-refractivity contribution < 1.29 is 14.8 Å². The summed E-state index contributed by atoms with van der Waals surface area (Å²) in [5.74, 6) is -1.14. The molecule has 0 saturated carbocycles. The van der Waals surface area contributed by atoms with E-state index in [-0.39, 0.29) is 23.3 Å². The molecule has 0 aromatic heterocycles. The lowest BCUT2D eigenvalue weighted by atomic mass is 9.94. The van der Waals surface area contributed by atoms with Gasteiger partial charge in [-0.3, -0.25) is 10.1 Å². The van der Waals surface area contributed by atoms with Crippen LogP contribution in [0.5, 0.6) is 0 Å². The number of aromatic carboxylic acids is 1. The van der Waals surface area contributed by atoms with Crippen LogP contribution in [0.3, 0.4) is 0 Å². The molecule has 1 aromatic carbocycles. The van der Waals surface area contributed by atoms with Gasteiger partial charge in [-0.2, -0.15) is 0 Å². The molecule has 0 bridgehead atoms. The highest BCUT2D eigenvalue weighted by Crippen LogP contribution is 2.36. The smallest absolute Gasteiger partial charge is 0.336 e. The zero-order chi connectivity index (χ0) is 15.7. The molecule has 0 aliphatic carbocycles. The van der Waals surface area contributed by atoms with Gasteiger partial charge in [-0.05, 0) is 46.1 Å². The molecule has 0 amide bonds. The van der Waals surface area contributed by atoms with Gasteiger partial charge in [0.15, 0.2) is 0 Å². The molecule has 6 nitrogen and oxygen atoms in total. The topological polar surface area (TPSA) is 83.7 Å². The second-order valence-corrected chi connectivity index (χ2v) is 5.74. The number of hydrogen-bond donors (Lipinski definition) is 1. The monoisotopic (exact) mass is 292 g/mol. The Morgan fingerprint density at radius 1 is 1.33 bits per heavy atom. The summed E-state index contributed by atoms with van der Waals surface area (Å²) >= 11 is 0. The minimum Gasteiger partial charge on any atom is -0.478 e. The first-order valence-electron chi connectivity index (χ1n) is 7.13. The third kappa shape index (κ3) is 2.84. The van der Waals surface area contributed by atoms with E-state index in [0.29, 0.717) is 11.3 Å². The Balaban J connectivity index is 2.60. The van der Waals surface area contributed by atoms with Gasteiger partial charge in [0.05, 0.1) is 16.1 Å². The molecular formula is C15H20N2O4. The van der Waals surface area contributed by atoms with Crippen molar-refractivity contribution in [2.24, 2.45) is 0 Å². The van der Waals surface area contributed by atoms with Crippen LogP contribution in [-0.2, 0) is 0 Å². The summed E-state index contributed by atoms with van der Waals surface area (Å²) in [6, 6.07) is 3.19. The molecule has 1 aliphatic rings. The van der Waals surface area contributed by atoms with Crippen LogP contribution in [0.2, 0.25) is 0 Å². The van der Waals surface area contributed by atoms with Gasteiger partial charge >= 0.3 is 5.97 Å². The van der Waals surface area contributed by atoms with Gasteiger partial charge < -0.3 is 10.0 Å². The lowest BCUT2D eigenvalue weighted by molar-refractivity contribution is -0.385. The number of nitro benzene ring substituents is 1. The molecule has 6 heteroatoms. The lowest BCUT2D eigenvalue weighted by Crippen LogP contribution is -2.44. The average molecular weight is 292 g/mol. The van der Waals surface area contributed by atoms with E-state index in [0.717, 1.165) is 25.3 Å². The second-order valence-electron chi connectivity index (χ2n) is 5.74. The Morgan fingerprint density at radius 3 is 2.38 bits per heavy atom. The molecule has 114 valence electrons. The number of benzene rings is 1. The Bertz CT molecular complexity index is 575. The zero-order valence-electron chi connectivity index (χ0n) is 12.5. The van der Waals surface area contributed by atoms with Crippen LogP contribution in [0.15, 0.2) is 12.1 Å². The van der Waals surface area contributed by atoms with Crippen molar-refractivity contribution in [2.45, 2.75) is 52.1 Å². The van der Waals surface area contributed by atoms with E-state index in [9.17, 15) is 20.0 Å². The third-order valence-electron chi connectivity index (χ3n) is 4.27. The van der Waals surface area contributed by atoms with Crippen molar-refractivity contribution in [3.63, 3.8) is 0 Å². The van der Waals surface area contributed by atoms with Gasteiger partial charge in [-0.15, -0.1) is 0 Å². The van der Waals surface area contributed by atoms with E-state index >= 15 is 0 Å². The largest absolute Gasteiger partial charge is 0.478 e. The van der Waals surface area contributed by atoms with E-state index in [1.165, 1.54) is 0 Å². The van der Waals surface area contributed by atoms with E-state index in [2.05, 4.69) is 18.7 Å². The fourth-order valence-corrected chi connectivity index (χ4v) is 3.16. The first-order chi connectivity index (χ1) is 9.82. The van der Waals surface area contributed by atoms with E-state index in [1.54, 1.807) is 13.0 Å². The normalized spacial score (nSPS) is 22.1. The Morgan fingerprint density at radius 2 is 1.90 bits per heavy atom. The quantitative estimate of drug-likeness (QED) is 0.682. The molecule has 2 rings (SSSR count). The van der Waals surface area contributed by atoms with E-state index in [1.807, 2.05) is 0 Å². The number of carbonyl (C=O) groups is 1. The van der Waals surface area contributed by atoms with Crippen LogP contribution in [0, 0.1) is 17.0 Å². The van der Waals surface area contributed by atoms with Gasteiger partial charge in [0, 0.05) is 23.8 Å². The average Bonchev–Trinajstić information content (AvgIpc) is 2.39. The molecule has 1 saturated heterocycles. The van der Waals surface area contributed by atoms with Crippen molar-refractivity contribution in [3.8, 4) is 0 Å².